The van der Waals surface area contributed by atoms with Gasteiger partial charge in [0.05, 0.1) is 23.0 Å². The summed E-state index contributed by atoms with van der Waals surface area (Å²) in [6.45, 7) is 1.91. The topological polar surface area (TPSA) is 112 Å². The fraction of sp³-hybridized carbons (Fsp3) is 0.0833. The summed E-state index contributed by atoms with van der Waals surface area (Å²) in [5.41, 5.74) is 7.62. The molecule has 0 saturated heterocycles. The van der Waals surface area contributed by atoms with Crippen LogP contribution in [0.4, 0.5) is 10.2 Å². The van der Waals surface area contributed by atoms with E-state index in [1.807, 2.05) is 37.3 Å². The number of halogens is 1. The molecule has 3 aromatic heterocycles. The van der Waals surface area contributed by atoms with Crippen molar-refractivity contribution in [2.45, 2.75) is 13.5 Å². The van der Waals surface area contributed by atoms with Crippen LogP contribution in [0.5, 0.6) is 0 Å². The molecule has 8 nitrogen and oxygen atoms in total. The van der Waals surface area contributed by atoms with E-state index < -0.39 is 5.82 Å². The monoisotopic (exact) mass is 440 g/mol. The third-order valence-corrected chi connectivity index (χ3v) is 5.47. The lowest BCUT2D eigenvalue weighted by molar-refractivity contribution is 0.517. The van der Waals surface area contributed by atoms with Crippen LogP contribution in [0.25, 0.3) is 27.5 Å². The molecule has 5 aromatic rings. The van der Waals surface area contributed by atoms with Gasteiger partial charge in [0.15, 0.2) is 11.3 Å². The van der Waals surface area contributed by atoms with E-state index in [4.69, 9.17) is 10.8 Å². The zero-order valence-electron chi connectivity index (χ0n) is 17.5. The van der Waals surface area contributed by atoms with E-state index in [2.05, 4.69) is 21.0 Å². The molecule has 0 aliphatic carbocycles. The maximum absolute atomic E-state index is 14.8. The number of aromatic nitrogens is 5. The predicted octanol–water partition coefficient (Wildman–Crippen LogP) is 2.89. The quantitative estimate of drug-likeness (QED) is 0.417. The summed E-state index contributed by atoms with van der Waals surface area (Å²) >= 11 is 0. The highest BCUT2D eigenvalue weighted by atomic mass is 19.1. The van der Waals surface area contributed by atoms with Gasteiger partial charge in [0.2, 0.25) is 0 Å². The van der Waals surface area contributed by atoms with Gasteiger partial charge >= 0.3 is 0 Å². The highest BCUT2D eigenvalue weighted by molar-refractivity contribution is 5.90. The average molecular weight is 440 g/mol. The lowest BCUT2D eigenvalue weighted by Gasteiger charge is -2.16. The van der Waals surface area contributed by atoms with Crippen molar-refractivity contribution in [2.75, 3.05) is 5.73 Å². The van der Waals surface area contributed by atoms with E-state index in [1.165, 1.54) is 21.6 Å². The maximum Gasteiger partial charge on any atom is 0.263 e. The molecule has 5 rings (SSSR count). The Morgan fingerprint density at radius 2 is 1.94 bits per heavy atom. The van der Waals surface area contributed by atoms with Crippen LogP contribution in [0.1, 0.15) is 17.0 Å². The Morgan fingerprint density at radius 3 is 2.73 bits per heavy atom. The molecule has 0 amide bonds. The van der Waals surface area contributed by atoms with Gasteiger partial charge in [0, 0.05) is 5.69 Å². The van der Waals surface area contributed by atoms with Gasteiger partial charge < -0.3 is 10.8 Å². The zero-order chi connectivity index (χ0) is 23.1. The van der Waals surface area contributed by atoms with E-state index in [0.29, 0.717) is 22.1 Å². The minimum absolute atomic E-state index is 0.0630. The second-order valence-corrected chi connectivity index (χ2v) is 7.47. The number of rotatable bonds is 3. The molecule has 0 fully saturated rings. The molecule has 0 spiro atoms. The van der Waals surface area contributed by atoms with E-state index in [9.17, 15) is 9.18 Å². The van der Waals surface area contributed by atoms with Crippen LogP contribution < -0.4 is 11.3 Å². The minimum atomic E-state index is -0.530. The van der Waals surface area contributed by atoms with E-state index in [-0.39, 0.29) is 29.3 Å². The molecule has 33 heavy (non-hydrogen) atoms. The molecule has 0 atom stereocenters. The molecule has 0 aliphatic heterocycles. The molecule has 0 bridgehead atoms. The summed E-state index contributed by atoms with van der Waals surface area (Å²) in [6, 6.07) is 13.5. The lowest BCUT2D eigenvalue weighted by atomic mass is 10.1. The summed E-state index contributed by atoms with van der Waals surface area (Å²) in [5.74, 6) is 2.11. The normalized spacial score (nSPS) is 11.0. The fourth-order valence-corrected chi connectivity index (χ4v) is 4.04. The number of nitrogens with zero attached hydrogens (tertiary/aromatic N) is 5. The van der Waals surface area contributed by atoms with Crippen molar-refractivity contribution in [3.05, 3.63) is 88.0 Å². The number of aryl methyl sites for hydroxylation is 1. The van der Waals surface area contributed by atoms with Gasteiger partial charge in [-0.1, -0.05) is 30.3 Å². The molecule has 9 heteroatoms. The number of para-hydroxylation sites is 1. The number of aliphatic hydroxyl groups is 1. The van der Waals surface area contributed by atoms with Crippen LogP contribution in [0.15, 0.2) is 59.7 Å². The number of aliphatic hydroxyl groups excluding tert-OH is 1. The van der Waals surface area contributed by atoms with Crippen molar-refractivity contribution < 1.29 is 9.50 Å². The molecule has 0 unspecified atom stereocenters. The van der Waals surface area contributed by atoms with Gasteiger partial charge in [0.25, 0.3) is 5.56 Å². The maximum atomic E-state index is 14.8. The SMILES string of the molecule is Cc1cccc2cc(Cn3nc(C#CO)c4c(N)ncnc43)n(-c3ccccc3F)c(=O)c12. The van der Waals surface area contributed by atoms with Crippen LogP contribution in [-0.2, 0) is 6.54 Å². The van der Waals surface area contributed by atoms with Crippen LogP contribution in [0, 0.1) is 24.8 Å². The summed E-state index contributed by atoms with van der Waals surface area (Å²) in [6.07, 6.45) is 3.11. The van der Waals surface area contributed by atoms with Crippen LogP contribution >= 0.6 is 0 Å². The van der Waals surface area contributed by atoms with Gasteiger partial charge in [-0.15, -0.1) is 0 Å². The van der Waals surface area contributed by atoms with Gasteiger partial charge in [-0.25, -0.2) is 19.0 Å². The molecule has 3 heterocycles. The van der Waals surface area contributed by atoms with Crippen molar-refractivity contribution in [3.8, 4) is 17.7 Å². The molecule has 3 N–H and O–H groups in total. The first-order valence-corrected chi connectivity index (χ1v) is 10.0. The number of anilines is 1. The van der Waals surface area contributed by atoms with Crippen LogP contribution in [0.3, 0.4) is 0 Å². The molecule has 0 saturated carbocycles. The number of benzene rings is 2. The fourth-order valence-electron chi connectivity index (χ4n) is 4.04. The van der Waals surface area contributed by atoms with Crippen molar-refractivity contribution >= 4 is 27.6 Å². The van der Waals surface area contributed by atoms with E-state index in [1.54, 1.807) is 18.2 Å². The number of pyridine rings is 1. The van der Waals surface area contributed by atoms with Gasteiger partial charge in [-0.2, -0.15) is 5.10 Å². The highest BCUT2D eigenvalue weighted by Crippen LogP contribution is 2.24. The number of nitrogens with two attached hydrogens (primary N) is 1. The molecule has 0 aliphatic rings. The first-order valence-electron chi connectivity index (χ1n) is 10.0. The minimum Gasteiger partial charge on any atom is -0.462 e. The Morgan fingerprint density at radius 1 is 1.12 bits per heavy atom. The molecule has 162 valence electrons. The van der Waals surface area contributed by atoms with Crippen molar-refractivity contribution in [1.29, 1.82) is 0 Å². The van der Waals surface area contributed by atoms with Crippen molar-refractivity contribution in [2.24, 2.45) is 0 Å². The second-order valence-electron chi connectivity index (χ2n) is 7.47. The van der Waals surface area contributed by atoms with Gasteiger partial charge in [-0.3, -0.25) is 9.36 Å². The Balaban J connectivity index is 1.82. The Kier molecular flexibility index (Phi) is 4.75. The smallest absolute Gasteiger partial charge is 0.263 e. The Bertz CT molecular complexity index is 1680. The summed E-state index contributed by atoms with van der Waals surface area (Å²) in [5, 5.41) is 15.1. The van der Waals surface area contributed by atoms with Crippen LogP contribution in [-0.4, -0.2) is 29.4 Å². The third kappa shape index (κ3) is 3.25. The van der Waals surface area contributed by atoms with E-state index in [0.717, 1.165) is 10.9 Å². The number of nitrogen functional groups attached to an aromatic ring is 1. The summed E-state index contributed by atoms with van der Waals surface area (Å²) in [4.78, 5) is 21.8. The largest absolute Gasteiger partial charge is 0.462 e. The average Bonchev–Trinajstić information content (AvgIpc) is 3.13. The summed E-state index contributed by atoms with van der Waals surface area (Å²) in [7, 11) is 0. The second kappa shape index (κ2) is 7.76. The highest BCUT2D eigenvalue weighted by Gasteiger charge is 2.19. The standard InChI is InChI=1S/C24H17FN6O2/c1-14-5-4-6-15-11-16(31(24(33)20(14)15)19-8-3-2-7-17(19)25)12-30-23-21(18(29-30)9-10-32)22(26)27-13-28-23/h2-8,11,13,32H,12H2,1H3,(H2,26,27,28). The number of fused-ring (bicyclic) bond motifs is 2. The van der Waals surface area contributed by atoms with Gasteiger partial charge in [-0.05, 0) is 42.0 Å². The Hall–Kier alpha value is -4.71. The predicted molar refractivity (Wildman–Crippen MR) is 122 cm³/mol. The molecule has 0 radical (unpaired) electrons. The number of hydrogen-bond acceptors (Lipinski definition) is 6. The van der Waals surface area contributed by atoms with Crippen molar-refractivity contribution in [1.82, 2.24) is 24.3 Å². The van der Waals surface area contributed by atoms with E-state index >= 15 is 0 Å². The first-order chi connectivity index (χ1) is 16.0. The molecule has 2 aromatic carbocycles. The summed E-state index contributed by atoms with van der Waals surface area (Å²) < 4.78 is 17.7. The first kappa shape index (κ1) is 20.2. The van der Waals surface area contributed by atoms with Gasteiger partial charge in [0.1, 0.15) is 24.1 Å². The van der Waals surface area contributed by atoms with Crippen molar-refractivity contribution in [3.63, 3.8) is 0 Å². The third-order valence-electron chi connectivity index (χ3n) is 5.47. The zero-order valence-corrected chi connectivity index (χ0v) is 17.5. The number of hydrogen-bond donors (Lipinski definition) is 2. The molecular formula is C24H17FN6O2. The van der Waals surface area contributed by atoms with Crippen LogP contribution in [0.2, 0.25) is 0 Å². The lowest BCUT2D eigenvalue weighted by Crippen LogP contribution is -2.25. The molecular weight excluding hydrogens is 423 g/mol. The Labute approximate surface area is 186 Å².